The molecule has 0 unspecified atom stereocenters. The molecule has 3 heterocycles. The number of benzene rings is 6. The summed E-state index contributed by atoms with van der Waals surface area (Å²) < 4.78 is 4.87. The molecule has 2 aliphatic heterocycles. The lowest BCUT2D eigenvalue weighted by Gasteiger charge is -2.38. The number of piperazine rings is 1. The number of imide groups is 1. The summed E-state index contributed by atoms with van der Waals surface area (Å²) >= 11 is 0. The largest absolute Gasteiger partial charge is 0.367 e. The summed E-state index contributed by atoms with van der Waals surface area (Å²) in [6.45, 7) is 2.76. The van der Waals surface area contributed by atoms with Crippen LogP contribution in [0, 0.1) is 10.1 Å². The van der Waals surface area contributed by atoms with Gasteiger partial charge in [-0.15, -0.1) is 0 Å². The van der Waals surface area contributed by atoms with E-state index in [9.17, 15) is 24.5 Å². The molecule has 0 atom stereocenters. The number of fused-ring (bicyclic) bond motifs is 1. The molecular weight excluding hydrogens is 766 g/mol. The molecule has 13 nitrogen and oxygen atoms in total. The van der Waals surface area contributed by atoms with Crippen LogP contribution in [0.25, 0.3) is 21.8 Å². The van der Waals surface area contributed by atoms with E-state index in [1.54, 1.807) is 18.2 Å². The fraction of sp³-hybridized carbons (Fsp3) is 0.178. The van der Waals surface area contributed by atoms with E-state index >= 15 is 0 Å². The number of nitro benzene ring substituents is 1. The van der Waals surface area contributed by atoms with Crippen LogP contribution in [0.4, 0.5) is 17.1 Å². The smallest absolute Gasteiger partial charge is 0.300 e. The Morgan fingerprint density at radius 2 is 1.22 bits per heavy atom. The highest BCUT2D eigenvalue weighted by atomic mass is 31.2. The number of aromatic nitrogens is 2. The van der Waals surface area contributed by atoms with E-state index in [2.05, 4.69) is 98.2 Å². The van der Waals surface area contributed by atoms with Gasteiger partial charge < -0.3 is 15.1 Å². The minimum atomic E-state index is -2.15. The van der Waals surface area contributed by atoms with Crippen LogP contribution in [-0.2, 0) is 4.79 Å². The summed E-state index contributed by atoms with van der Waals surface area (Å²) in [5.74, 6) is -1.08. The highest BCUT2D eigenvalue weighted by molar-refractivity contribution is 7.95. The van der Waals surface area contributed by atoms with Gasteiger partial charge in [0.25, 0.3) is 11.8 Å². The van der Waals surface area contributed by atoms with Crippen LogP contribution in [0.1, 0.15) is 27.1 Å². The van der Waals surface area contributed by atoms with Gasteiger partial charge in [0, 0.05) is 72.8 Å². The van der Waals surface area contributed by atoms with Crippen LogP contribution in [0.3, 0.4) is 0 Å². The van der Waals surface area contributed by atoms with Gasteiger partial charge in [-0.25, -0.2) is 4.63 Å². The van der Waals surface area contributed by atoms with Crippen LogP contribution >= 0.6 is 7.26 Å². The van der Waals surface area contributed by atoms with Crippen LogP contribution in [0.5, 0.6) is 0 Å². The lowest BCUT2D eigenvalue weighted by molar-refractivity contribution is -0.383. The van der Waals surface area contributed by atoms with Crippen molar-refractivity contribution in [1.82, 2.24) is 20.5 Å². The standard InChI is InChI=1S/C45H38N7O6P/c53-40(46-24-30-59(31-11-4-1-5-12-31,32-13-6-2-7-14-32)33-15-8-3-9-16-33)23-25-51-44(54)35-18-10-17-34-37(20-19-36(41(34)35)45(51)55)49-26-28-50(29-27-49)38-21-22-39(52(56)57)43-42(38)47-58-48-43/h1-22H,23-30H2/p+1. The highest BCUT2D eigenvalue weighted by Crippen LogP contribution is 2.54. The number of hydrogen-bond acceptors (Lipinski definition) is 10. The third-order valence-corrected chi connectivity index (χ3v) is 15.9. The Morgan fingerprint density at radius 3 is 1.81 bits per heavy atom. The van der Waals surface area contributed by atoms with E-state index in [0.29, 0.717) is 66.6 Å². The van der Waals surface area contributed by atoms with Gasteiger partial charge in [0.1, 0.15) is 23.2 Å². The molecule has 0 radical (unpaired) electrons. The predicted octanol–water partition coefficient (Wildman–Crippen LogP) is 5.71. The number of nitrogens with one attached hydrogen (secondary N) is 1. The molecule has 1 fully saturated rings. The first-order chi connectivity index (χ1) is 28.8. The molecule has 3 amide bonds. The first kappa shape index (κ1) is 37.6. The number of carbonyl (C=O) groups is 3. The second-order valence-corrected chi connectivity index (χ2v) is 18.2. The number of non-ortho nitro benzene ring substituents is 1. The molecule has 59 heavy (non-hydrogen) atoms. The van der Waals surface area contributed by atoms with Gasteiger partial charge in [-0.2, -0.15) is 0 Å². The van der Waals surface area contributed by atoms with Crippen molar-refractivity contribution in [3.8, 4) is 0 Å². The van der Waals surface area contributed by atoms with Crippen LogP contribution < -0.4 is 31.0 Å². The fourth-order valence-electron chi connectivity index (χ4n) is 8.59. The van der Waals surface area contributed by atoms with Crippen LogP contribution in [-0.4, -0.2) is 83.3 Å². The van der Waals surface area contributed by atoms with Crippen molar-refractivity contribution in [2.24, 2.45) is 0 Å². The molecule has 0 saturated carbocycles. The van der Waals surface area contributed by atoms with E-state index in [1.165, 1.54) is 26.9 Å². The first-order valence-corrected chi connectivity index (χ1v) is 21.5. The summed E-state index contributed by atoms with van der Waals surface area (Å²) in [6, 6.07) is 43.7. The van der Waals surface area contributed by atoms with Crippen molar-refractivity contribution in [1.29, 1.82) is 0 Å². The maximum atomic E-state index is 14.0. The number of anilines is 2. The van der Waals surface area contributed by atoms with E-state index in [0.717, 1.165) is 11.1 Å². The second kappa shape index (κ2) is 15.8. The molecule has 1 N–H and O–H groups in total. The highest BCUT2D eigenvalue weighted by Gasteiger charge is 2.45. The Labute approximate surface area is 339 Å². The summed E-state index contributed by atoms with van der Waals surface area (Å²) in [5, 5.41) is 27.4. The Bertz CT molecular complexity index is 2600. The number of rotatable bonds is 12. The van der Waals surface area contributed by atoms with E-state index < -0.39 is 24.0 Å². The first-order valence-electron chi connectivity index (χ1n) is 19.5. The Balaban J connectivity index is 0.884. The summed E-state index contributed by atoms with van der Waals surface area (Å²) in [4.78, 5) is 57.9. The van der Waals surface area contributed by atoms with Crippen molar-refractivity contribution < 1.29 is 23.9 Å². The second-order valence-electron chi connectivity index (χ2n) is 14.6. The molecule has 1 saturated heterocycles. The zero-order chi connectivity index (χ0) is 40.5. The predicted molar refractivity (Wildman–Crippen MR) is 230 cm³/mol. The molecule has 14 heteroatoms. The monoisotopic (exact) mass is 804 g/mol. The van der Waals surface area contributed by atoms with Crippen molar-refractivity contribution in [2.45, 2.75) is 6.42 Å². The topological polar surface area (TPSA) is 155 Å². The Hall–Kier alpha value is -6.98. The lowest BCUT2D eigenvalue weighted by Crippen LogP contribution is -2.47. The van der Waals surface area contributed by atoms with Gasteiger partial charge >= 0.3 is 5.69 Å². The molecule has 1 aromatic heterocycles. The van der Waals surface area contributed by atoms with Gasteiger partial charge in [-0.1, -0.05) is 66.7 Å². The normalized spacial score (nSPS) is 14.3. The molecule has 0 bridgehead atoms. The van der Waals surface area contributed by atoms with E-state index in [4.69, 9.17) is 4.63 Å². The SMILES string of the molecule is O=C(CCN1C(=O)c2cccc3c(N4CCN(c5ccc([N+](=O)[O-])c6nonc56)CC4)ccc(c23)C1=O)NCC[P+](c1ccccc1)(c1ccccc1)c1ccccc1. The minimum Gasteiger partial charge on any atom is -0.367 e. The average molecular weight is 805 g/mol. The number of hydrogen-bond donors (Lipinski definition) is 1. The van der Waals surface area contributed by atoms with Crippen LogP contribution in [0.15, 0.2) is 138 Å². The summed E-state index contributed by atoms with van der Waals surface area (Å²) in [7, 11) is -2.15. The summed E-state index contributed by atoms with van der Waals surface area (Å²) in [6.07, 6.45) is 0.676. The zero-order valence-corrected chi connectivity index (χ0v) is 32.8. The molecule has 6 aromatic carbocycles. The van der Waals surface area contributed by atoms with E-state index in [1.807, 2.05) is 36.4 Å². The van der Waals surface area contributed by atoms with Crippen LogP contribution in [0.2, 0.25) is 0 Å². The molecule has 0 aliphatic carbocycles. The maximum Gasteiger partial charge on any atom is 0.300 e. The quantitative estimate of drug-likeness (QED) is 0.0704. The molecule has 9 rings (SSSR count). The van der Waals surface area contributed by atoms with Crippen molar-refractivity contribution >= 4 is 79.8 Å². The summed E-state index contributed by atoms with van der Waals surface area (Å²) in [5.41, 5.74) is 2.73. The maximum absolute atomic E-state index is 14.0. The molecule has 294 valence electrons. The van der Waals surface area contributed by atoms with Gasteiger partial charge in [0.2, 0.25) is 11.4 Å². The van der Waals surface area contributed by atoms with Crippen molar-refractivity contribution in [2.75, 3.05) is 55.2 Å². The zero-order valence-electron chi connectivity index (χ0n) is 31.9. The molecular formula is C45H39N7O6P+. The molecule has 2 aliphatic rings. The fourth-order valence-corrected chi connectivity index (χ4v) is 12.7. The number of amides is 3. The third-order valence-electron chi connectivity index (χ3n) is 11.4. The van der Waals surface area contributed by atoms with E-state index in [-0.39, 0.29) is 30.1 Å². The minimum absolute atomic E-state index is 0.0237. The number of nitrogens with zero attached hydrogens (tertiary/aromatic N) is 6. The van der Waals surface area contributed by atoms with Gasteiger partial charge in [-0.3, -0.25) is 29.4 Å². The Morgan fingerprint density at radius 1 is 0.678 bits per heavy atom. The third kappa shape index (κ3) is 6.72. The molecule has 7 aromatic rings. The Kier molecular flexibility index (Phi) is 10.0. The van der Waals surface area contributed by atoms with Gasteiger partial charge in [-0.05, 0) is 71.0 Å². The van der Waals surface area contributed by atoms with Gasteiger partial charge in [0.15, 0.2) is 5.52 Å². The average Bonchev–Trinajstić information content (AvgIpc) is 3.78. The van der Waals surface area contributed by atoms with Gasteiger partial charge in [0.05, 0.1) is 23.3 Å². The van der Waals surface area contributed by atoms with Crippen molar-refractivity contribution in [3.63, 3.8) is 0 Å². The molecule has 0 spiro atoms. The lowest BCUT2D eigenvalue weighted by atomic mass is 9.92. The number of nitro groups is 1. The number of carbonyl (C=O) groups excluding carboxylic acids is 3. The van der Waals surface area contributed by atoms with Crippen molar-refractivity contribution in [3.05, 3.63) is 155 Å².